The fourth-order valence-electron chi connectivity index (χ4n) is 4.18. The van der Waals surface area contributed by atoms with Gasteiger partial charge in [0.2, 0.25) is 0 Å². The zero-order valence-electron chi connectivity index (χ0n) is 15.9. The molecule has 0 unspecified atom stereocenters. The molecule has 1 fully saturated rings. The smallest absolute Gasteiger partial charge is 0.260 e. The fourth-order valence-corrected chi connectivity index (χ4v) is 5.04. The van der Waals surface area contributed by atoms with Gasteiger partial charge in [0.05, 0.1) is 47.4 Å². The van der Waals surface area contributed by atoms with E-state index in [1.54, 1.807) is 11.1 Å². The van der Waals surface area contributed by atoms with E-state index in [1.165, 1.54) is 6.07 Å². The topological polar surface area (TPSA) is 60.3 Å². The molecule has 0 aliphatic carbocycles. The van der Waals surface area contributed by atoms with Gasteiger partial charge in [-0.3, -0.25) is 14.5 Å². The van der Waals surface area contributed by atoms with Crippen LogP contribution in [-0.2, 0) is 16.1 Å². The molecule has 9 heteroatoms. The third-order valence-electron chi connectivity index (χ3n) is 5.68. The summed E-state index contributed by atoms with van der Waals surface area (Å²) in [6.45, 7) is 3.20. The first kappa shape index (κ1) is 18.6. The van der Waals surface area contributed by atoms with Crippen molar-refractivity contribution in [3.05, 3.63) is 35.2 Å². The molecule has 3 aromatic rings. The summed E-state index contributed by atoms with van der Waals surface area (Å²) in [5.74, 6) is -0.465. The van der Waals surface area contributed by atoms with Gasteiger partial charge < -0.3 is 9.64 Å². The molecule has 1 saturated heterocycles. The lowest BCUT2D eigenvalue weighted by molar-refractivity contribution is -0.152. The lowest BCUT2D eigenvalue weighted by Gasteiger charge is -2.37. The van der Waals surface area contributed by atoms with Crippen molar-refractivity contribution in [2.24, 2.45) is 0 Å². The largest absolute Gasteiger partial charge is 0.381 e. The molecule has 1 atom stereocenters. The molecule has 2 aliphatic heterocycles. The van der Waals surface area contributed by atoms with Crippen molar-refractivity contribution in [1.82, 2.24) is 19.7 Å². The summed E-state index contributed by atoms with van der Waals surface area (Å²) < 4.78 is 36.7. The van der Waals surface area contributed by atoms with Crippen molar-refractivity contribution in [2.75, 3.05) is 19.8 Å². The number of aromatic nitrogens is 3. The van der Waals surface area contributed by atoms with Crippen LogP contribution >= 0.6 is 11.3 Å². The molecule has 2 aliphatic rings. The van der Waals surface area contributed by atoms with Gasteiger partial charge in [0.1, 0.15) is 0 Å². The number of hydrogen-bond acceptors (Lipinski definition) is 5. The summed E-state index contributed by atoms with van der Waals surface area (Å²) in [4.78, 5) is 18.7. The first-order valence-corrected chi connectivity index (χ1v) is 10.5. The zero-order chi connectivity index (χ0) is 20.2. The molecule has 3 aromatic heterocycles. The van der Waals surface area contributed by atoms with Crippen molar-refractivity contribution >= 4 is 27.5 Å². The second kappa shape index (κ2) is 6.84. The molecule has 0 aromatic carbocycles. The maximum Gasteiger partial charge on any atom is 0.260 e. The van der Waals surface area contributed by atoms with Crippen LogP contribution in [0.5, 0.6) is 0 Å². The van der Waals surface area contributed by atoms with Crippen molar-refractivity contribution in [3.8, 4) is 11.3 Å². The molecule has 1 amide bonds. The standard InChI is InChI=1S/C20H20F2N4O2S/c1-12-10-25(19(27)20(22)3-6-28-7-4-20)11-13-8-15(24-26(12)13)14-2-5-23-16-9-17(21)29-18(14)16/h2,5,8-9,12H,3-4,6-7,10-11H2,1H3/t12-/m0/s1. The molecule has 0 N–H and O–H groups in total. The van der Waals surface area contributed by atoms with E-state index >= 15 is 4.39 Å². The number of pyridine rings is 1. The number of carbonyl (C=O) groups is 1. The Balaban J connectivity index is 1.47. The molecule has 6 nitrogen and oxygen atoms in total. The Morgan fingerprint density at radius 2 is 2.14 bits per heavy atom. The molecule has 0 spiro atoms. The highest BCUT2D eigenvalue weighted by molar-refractivity contribution is 7.18. The number of carbonyl (C=O) groups excluding carboxylic acids is 1. The highest BCUT2D eigenvalue weighted by Gasteiger charge is 2.44. The van der Waals surface area contributed by atoms with Gasteiger partial charge in [-0.05, 0) is 19.1 Å². The van der Waals surface area contributed by atoms with Crippen LogP contribution in [-0.4, -0.2) is 51.0 Å². The Bertz CT molecular complexity index is 1090. The predicted octanol–water partition coefficient (Wildman–Crippen LogP) is 3.72. The number of fused-ring (bicyclic) bond motifs is 2. The van der Waals surface area contributed by atoms with Crippen LogP contribution in [0.3, 0.4) is 0 Å². The van der Waals surface area contributed by atoms with Gasteiger partial charge in [0, 0.05) is 37.2 Å². The number of amides is 1. The number of alkyl halides is 1. The number of nitrogens with zero attached hydrogens (tertiary/aromatic N) is 4. The third-order valence-corrected chi connectivity index (χ3v) is 6.63. The van der Waals surface area contributed by atoms with E-state index in [2.05, 4.69) is 4.98 Å². The van der Waals surface area contributed by atoms with Gasteiger partial charge in [0.25, 0.3) is 5.91 Å². The average Bonchev–Trinajstić information content (AvgIpc) is 3.30. The highest BCUT2D eigenvalue weighted by Crippen LogP contribution is 2.35. The van der Waals surface area contributed by atoms with E-state index in [-0.39, 0.29) is 37.2 Å². The Labute approximate surface area is 170 Å². The van der Waals surface area contributed by atoms with E-state index in [0.717, 1.165) is 27.3 Å². The molecule has 5 rings (SSSR count). The normalized spacial score (nSPS) is 21.3. The third kappa shape index (κ3) is 3.12. The lowest BCUT2D eigenvalue weighted by Crippen LogP contribution is -2.51. The van der Waals surface area contributed by atoms with Gasteiger partial charge in [-0.25, -0.2) is 4.39 Å². The Morgan fingerprint density at radius 3 is 2.93 bits per heavy atom. The second-order valence-electron chi connectivity index (χ2n) is 7.70. The number of halogens is 2. The Kier molecular flexibility index (Phi) is 4.40. The van der Waals surface area contributed by atoms with Crippen LogP contribution in [0.1, 0.15) is 31.5 Å². The van der Waals surface area contributed by atoms with Gasteiger partial charge >= 0.3 is 0 Å². The molecule has 29 heavy (non-hydrogen) atoms. The van der Waals surface area contributed by atoms with Crippen LogP contribution in [0, 0.1) is 5.13 Å². The minimum atomic E-state index is -1.85. The van der Waals surface area contributed by atoms with E-state index < -0.39 is 11.6 Å². The number of ether oxygens (including phenoxy) is 1. The maximum absolute atomic E-state index is 15.2. The number of thiophene rings is 1. The Hall–Kier alpha value is -2.39. The molecule has 5 heterocycles. The van der Waals surface area contributed by atoms with Gasteiger partial charge in [0.15, 0.2) is 10.8 Å². The van der Waals surface area contributed by atoms with Gasteiger partial charge in [-0.15, -0.1) is 11.3 Å². The predicted molar refractivity (Wildman–Crippen MR) is 105 cm³/mol. The van der Waals surface area contributed by atoms with E-state index in [1.807, 2.05) is 23.7 Å². The summed E-state index contributed by atoms with van der Waals surface area (Å²) in [6, 6.07) is 5.05. The molecular weight excluding hydrogens is 398 g/mol. The summed E-state index contributed by atoms with van der Waals surface area (Å²) in [7, 11) is 0. The van der Waals surface area contributed by atoms with Crippen molar-refractivity contribution in [3.63, 3.8) is 0 Å². The van der Waals surface area contributed by atoms with Crippen LogP contribution in [0.25, 0.3) is 21.5 Å². The van der Waals surface area contributed by atoms with Crippen LogP contribution < -0.4 is 0 Å². The van der Waals surface area contributed by atoms with E-state index in [9.17, 15) is 9.18 Å². The molecule has 0 saturated carbocycles. The average molecular weight is 418 g/mol. The Morgan fingerprint density at radius 1 is 1.34 bits per heavy atom. The van der Waals surface area contributed by atoms with E-state index in [0.29, 0.717) is 24.3 Å². The fraction of sp³-hybridized carbons (Fsp3) is 0.450. The number of rotatable bonds is 2. The van der Waals surface area contributed by atoms with Crippen molar-refractivity contribution in [1.29, 1.82) is 0 Å². The summed E-state index contributed by atoms with van der Waals surface area (Å²) in [6.07, 6.45) is 1.83. The van der Waals surface area contributed by atoms with Crippen LogP contribution in [0.15, 0.2) is 24.4 Å². The van der Waals surface area contributed by atoms with Gasteiger partial charge in [-0.1, -0.05) is 0 Å². The van der Waals surface area contributed by atoms with Crippen molar-refractivity contribution in [2.45, 2.75) is 38.0 Å². The minimum Gasteiger partial charge on any atom is -0.381 e. The quantitative estimate of drug-likeness (QED) is 0.637. The number of hydrogen-bond donors (Lipinski definition) is 0. The SMILES string of the molecule is C[C@H]1CN(C(=O)C2(F)CCOCC2)Cc2cc(-c3ccnc4cc(F)sc34)nn21. The second-order valence-corrected chi connectivity index (χ2v) is 8.70. The van der Waals surface area contributed by atoms with Crippen LogP contribution in [0.2, 0.25) is 0 Å². The minimum absolute atomic E-state index is 0.0858. The molecule has 0 radical (unpaired) electrons. The first-order valence-electron chi connectivity index (χ1n) is 9.63. The van der Waals surface area contributed by atoms with E-state index in [4.69, 9.17) is 9.84 Å². The summed E-state index contributed by atoms with van der Waals surface area (Å²) >= 11 is 1.04. The maximum atomic E-state index is 15.2. The summed E-state index contributed by atoms with van der Waals surface area (Å²) in [5, 5.41) is 4.41. The lowest BCUT2D eigenvalue weighted by atomic mass is 9.94. The molecule has 0 bridgehead atoms. The molecular formula is C20H20F2N4O2S. The van der Waals surface area contributed by atoms with Gasteiger partial charge in [-0.2, -0.15) is 9.49 Å². The van der Waals surface area contributed by atoms with Crippen molar-refractivity contribution < 1.29 is 18.3 Å². The van der Waals surface area contributed by atoms with Crippen LogP contribution in [0.4, 0.5) is 8.78 Å². The monoisotopic (exact) mass is 418 g/mol. The summed E-state index contributed by atoms with van der Waals surface area (Å²) in [5.41, 5.74) is 1.09. The zero-order valence-corrected chi connectivity index (χ0v) is 16.7. The highest BCUT2D eigenvalue weighted by atomic mass is 32.1. The molecule has 152 valence electrons. The first-order chi connectivity index (χ1) is 13.9.